The van der Waals surface area contributed by atoms with E-state index in [1.807, 2.05) is 31.2 Å². The summed E-state index contributed by atoms with van der Waals surface area (Å²) in [6, 6.07) is 15.0. The lowest BCUT2D eigenvalue weighted by Crippen LogP contribution is -2.33. The Morgan fingerprint density at radius 3 is 2.52 bits per heavy atom. The first-order chi connectivity index (χ1) is 10.1. The van der Waals surface area contributed by atoms with E-state index >= 15 is 0 Å². The molecule has 0 saturated heterocycles. The molecule has 5 heteroatoms. The summed E-state index contributed by atoms with van der Waals surface area (Å²) in [4.78, 5) is 0. The smallest absolute Gasteiger partial charge is 0.423 e. The van der Waals surface area contributed by atoms with Crippen molar-refractivity contribution in [3.8, 4) is 17.2 Å². The van der Waals surface area contributed by atoms with E-state index in [4.69, 9.17) is 4.74 Å². The molecule has 1 aliphatic rings. The van der Waals surface area contributed by atoms with Gasteiger partial charge in [0, 0.05) is 17.7 Å². The predicted molar refractivity (Wildman–Crippen MR) is 79.7 cm³/mol. The lowest BCUT2D eigenvalue weighted by Gasteiger charge is -2.24. The number of benzene rings is 2. The minimum Gasteiger partial charge on any atom is -0.423 e. The molecule has 0 aliphatic heterocycles. The summed E-state index contributed by atoms with van der Waals surface area (Å²) < 4.78 is 5.80. The fourth-order valence-corrected chi connectivity index (χ4v) is 2.94. The fraction of sp³-hybridized carbons (Fsp3) is 0.188. The van der Waals surface area contributed by atoms with Gasteiger partial charge < -0.3 is 14.8 Å². The van der Waals surface area contributed by atoms with Gasteiger partial charge >= 0.3 is 7.12 Å². The highest BCUT2D eigenvalue weighted by molar-refractivity contribution is 6.58. The molecule has 1 aliphatic carbocycles. The highest BCUT2D eigenvalue weighted by atomic mass is 16.5. The number of fused-ring (bicyclic) bond motifs is 3. The molecule has 1 atom stereocenters. The summed E-state index contributed by atoms with van der Waals surface area (Å²) in [6.45, 7) is 2.22. The van der Waals surface area contributed by atoms with Gasteiger partial charge in [-0.2, -0.15) is 5.26 Å². The first kappa shape index (κ1) is 13.8. The summed E-state index contributed by atoms with van der Waals surface area (Å²) in [7, 11) is -1.57. The maximum Gasteiger partial charge on any atom is 0.488 e. The third kappa shape index (κ3) is 1.89. The maximum atomic E-state index is 9.77. The molecule has 0 heterocycles. The molecule has 2 aromatic carbocycles. The lowest BCUT2D eigenvalue weighted by atomic mass is 9.77. The Balaban J connectivity index is 2.32. The zero-order chi connectivity index (χ0) is 15.0. The average Bonchev–Trinajstić information content (AvgIpc) is 2.78. The van der Waals surface area contributed by atoms with Crippen LogP contribution in [0.2, 0.25) is 0 Å². The van der Waals surface area contributed by atoms with Crippen LogP contribution < -0.4 is 5.46 Å². The van der Waals surface area contributed by atoms with Crippen molar-refractivity contribution >= 4 is 12.6 Å². The van der Waals surface area contributed by atoms with Gasteiger partial charge in [-0.15, -0.1) is 0 Å². The Hall–Kier alpha value is -2.13. The molecule has 0 radical (unpaired) electrons. The summed E-state index contributed by atoms with van der Waals surface area (Å²) in [5, 5.41) is 28.5. The Morgan fingerprint density at radius 1 is 1.14 bits per heavy atom. The quantitative estimate of drug-likeness (QED) is 0.827. The third-order valence-corrected chi connectivity index (χ3v) is 3.84. The van der Waals surface area contributed by atoms with Crippen LogP contribution in [-0.2, 0) is 10.3 Å². The normalized spacial score (nSPS) is 18.8. The molecular formula is C16H14BNO3. The van der Waals surface area contributed by atoms with Gasteiger partial charge in [0.05, 0.1) is 0 Å². The fourth-order valence-electron chi connectivity index (χ4n) is 2.94. The number of rotatable bonds is 3. The van der Waals surface area contributed by atoms with Gasteiger partial charge in [-0.3, -0.25) is 0 Å². The van der Waals surface area contributed by atoms with Gasteiger partial charge in [-0.25, -0.2) is 0 Å². The van der Waals surface area contributed by atoms with Gasteiger partial charge in [0.25, 0.3) is 0 Å². The van der Waals surface area contributed by atoms with Crippen LogP contribution in [0.5, 0.6) is 0 Å². The molecule has 3 rings (SSSR count). The zero-order valence-electron chi connectivity index (χ0n) is 11.6. The maximum absolute atomic E-state index is 9.77. The highest BCUT2D eigenvalue weighted by Gasteiger charge is 2.45. The van der Waals surface area contributed by atoms with Crippen molar-refractivity contribution < 1.29 is 14.8 Å². The first-order valence-corrected chi connectivity index (χ1v) is 6.79. The predicted octanol–water partition coefficient (Wildman–Crippen LogP) is 1.15. The third-order valence-electron chi connectivity index (χ3n) is 3.84. The Labute approximate surface area is 123 Å². The number of nitriles is 1. The van der Waals surface area contributed by atoms with Crippen molar-refractivity contribution in [2.75, 3.05) is 6.61 Å². The minimum absolute atomic E-state index is 0.348. The van der Waals surface area contributed by atoms with Crippen molar-refractivity contribution in [2.24, 2.45) is 0 Å². The van der Waals surface area contributed by atoms with Crippen LogP contribution in [0.3, 0.4) is 0 Å². The van der Waals surface area contributed by atoms with Crippen molar-refractivity contribution in [3.05, 3.63) is 53.6 Å². The molecule has 4 nitrogen and oxygen atoms in total. The lowest BCUT2D eigenvalue weighted by molar-refractivity contribution is 0.0373. The van der Waals surface area contributed by atoms with E-state index in [0.717, 1.165) is 16.7 Å². The van der Waals surface area contributed by atoms with E-state index in [-0.39, 0.29) is 0 Å². The van der Waals surface area contributed by atoms with E-state index in [2.05, 4.69) is 6.07 Å². The van der Waals surface area contributed by atoms with Gasteiger partial charge in [-0.1, -0.05) is 42.5 Å². The van der Waals surface area contributed by atoms with Crippen molar-refractivity contribution in [2.45, 2.75) is 12.5 Å². The topological polar surface area (TPSA) is 73.5 Å². The van der Waals surface area contributed by atoms with Crippen LogP contribution in [0.25, 0.3) is 11.1 Å². The van der Waals surface area contributed by atoms with Crippen LogP contribution in [0.1, 0.15) is 18.1 Å². The standard InChI is InChI=1S/C16H14BNO3/c1-2-21-16(10-18)14-6-4-3-5-12(14)13-8-7-11(17(19)20)9-15(13)16/h3-9,19-20H,2H2,1H3. The van der Waals surface area contributed by atoms with Crippen LogP contribution in [0.15, 0.2) is 42.5 Å². The molecule has 104 valence electrons. The average molecular weight is 279 g/mol. The van der Waals surface area contributed by atoms with Gasteiger partial charge in [0.15, 0.2) is 0 Å². The van der Waals surface area contributed by atoms with Gasteiger partial charge in [0.2, 0.25) is 5.60 Å². The summed E-state index contributed by atoms with van der Waals surface area (Å²) in [6.07, 6.45) is 0. The van der Waals surface area contributed by atoms with Crippen LogP contribution in [0.4, 0.5) is 0 Å². The monoisotopic (exact) mass is 279 g/mol. The molecule has 0 amide bonds. The molecule has 0 saturated carbocycles. The van der Waals surface area contributed by atoms with Crippen LogP contribution in [0, 0.1) is 11.3 Å². The SMILES string of the molecule is CCOC1(C#N)c2ccccc2-c2ccc(B(O)O)cc21. The minimum atomic E-state index is -1.57. The second-order valence-corrected chi connectivity index (χ2v) is 4.95. The molecule has 0 aromatic heterocycles. The van der Waals surface area contributed by atoms with E-state index < -0.39 is 12.7 Å². The Kier molecular flexibility index (Phi) is 3.30. The number of ether oxygens (including phenoxy) is 1. The number of nitrogens with zero attached hydrogens (tertiary/aromatic N) is 1. The van der Waals surface area contributed by atoms with E-state index in [1.165, 1.54) is 0 Å². The summed E-state index contributed by atoms with van der Waals surface area (Å²) in [5.74, 6) is 0. The van der Waals surface area contributed by atoms with Crippen LogP contribution in [-0.4, -0.2) is 23.8 Å². The second-order valence-electron chi connectivity index (χ2n) is 4.95. The van der Waals surface area contributed by atoms with E-state index in [1.54, 1.807) is 18.2 Å². The van der Waals surface area contributed by atoms with Crippen molar-refractivity contribution in [1.82, 2.24) is 0 Å². The molecule has 21 heavy (non-hydrogen) atoms. The molecule has 2 aromatic rings. The first-order valence-electron chi connectivity index (χ1n) is 6.79. The zero-order valence-corrected chi connectivity index (χ0v) is 11.6. The van der Waals surface area contributed by atoms with E-state index in [0.29, 0.717) is 17.6 Å². The Bertz CT molecular complexity index is 739. The van der Waals surface area contributed by atoms with Crippen molar-refractivity contribution in [1.29, 1.82) is 5.26 Å². The molecular weight excluding hydrogens is 265 g/mol. The molecule has 0 bridgehead atoms. The van der Waals surface area contributed by atoms with E-state index in [9.17, 15) is 15.3 Å². The van der Waals surface area contributed by atoms with Gasteiger partial charge in [0.1, 0.15) is 6.07 Å². The van der Waals surface area contributed by atoms with Crippen LogP contribution >= 0.6 is 0 Å². The molecule has 0 fully saturated rings. The second kappa shape index (κ2) is 5.01. The molecule has 0 spiro atoms. The van der Waals surface area contributed by atoms with Gasteiger partial charge in [-0.05, 0) is 23.5 Å². The highest BCUT2D eigenvalue weighted by Crippen LogP contribution is 2.48. The molecule has 2 N–H and O–H groups in total. The number of hydrogen-bond donors (Lipinski definition) is 2. The summed E-state index contributed by atoms with van der Waals surface area (Å²) in [5.41, 5.74) is 2.46. The Morgan fingerprint density at radius 2 is 1.86 bits per heavy atom. The largest absolute Gasteiger partial charge is 0.488 e. The van der Waals surface area contributed by atoms with Crippen molar-refractivity contribution in [3.63, 3.8) is 0 Å². The molecule has 1 unspecified atom stereocenters. The summed E-state index contributed by atoms with van der Waals surface area (Å²) >= 11 is 0. The number of hydrogen-bond acceptors (Lipinski definition) is 4.